The first-order chi connectivity index (χ1) is 13.1. The predicted octanol–water partition coefficient (Wildman–Crippen LogP) is 2.05. The number of sulfonamides is 1. The van der Waals surface area contributed by atoms with Gasteiger partial charge >= 0.3 is 6.18 Å². The molecule has 0 radical (unpaired) electrons. The van der Waals surface area contributed by atoms with Crippen molar-refractivity contribution in [3.63, 3.8) is 0 Å². The van der Waals surface area contributed by atoms with Crippen LogP contribution in [0, 0.1) is 0 Å². The second-order valence-electron chi connectivity index (χ2n) is 6.31. The van der Waals surface area contributed by atoms with Crippen molar-refractivity contribution in [3.8, 4) is 0 Å². The van der Waals surface area contributed by atoms with Gasteiger partial charge in [0, 0.05) is 18.8 Å². The number of primary sulfonamides is 1. The number of rotatable bonds is 5. The number of aromatic nitrogens is 2. The van der Waals surface area contributed by atoms with Gasteiger partial charge in [-0.05, 0) is 31.5 Å². The fourth-order valence-electron chi connectivity index (χ4n) is 2.86. The summed E-state index contributed by atoms with van der Waals surface area (Å²) in [6, 6.07) is 5.37. The first-order valence-electron chi connectivity index (χ1n) is 8.45. The van der Waals surface area contributed by atoms with Crippen LogP contribution < -0.4 is 21.1 Å². The summed E-state index contributed by atoms with van der Waals surface area (Å²) in [5.74, 6) is -0.554. The van der Waals surface area contributed by atoms with E-state index in [-0.39, 0.29) is 22.6 Å². The van der Waals surface area contributed by atoms with Crippen LogP contribution in [0.3, 0.4) is 0 Å². The maximum Gasteiger partial charge on any atom is 0.421 e. The van der Waals surface area contributed by atoms with Crippen LogP contribution >= 0.6 is 0 Å². The zero-order chi connectivity index (χ0) is 20.4. The molecule has 1 atom stereocenters. The Kier molecular flexibility index (Phi) is 5.72. The summed E-state index contributed by atoms with van der Waals surface area (Å²) in [7, 11) is -4.15. The Balaban J connectivity index is 1.97. The van der Waals surface area contributed by atoms with Gasteiger partial charge in [0.05, 0.1) is 5.69 Å². The topological polar surface area (TPSA) is 122 Å². The lowest BCUT2D eigenvalue weighted by atomic mass is 10.1. The van der Waals surface area contributed by atoms with Crippen LogP contribution in [0.5, 0.6) is 0 Å². The highest BCUT2D eigenvalue weighted by molar-refractivity contribution is 7.89. The fourth-order valence-corrected chi connectivity index (χ4v) is 3.55. The number of piperidine rings is 1. The molecule has 152 valence electrons. The molecule has 1 saturated heterocycles. The maximum absolute atomic E-state index is 13.4. The molecule has 0 amide bonds. The predicted molar refractivity (Wildman–Crippen MR) is 97.6 cm³/mol. The van der Waals surface area contributed by atoms with Gasteiger partial charge in [-0.1, -0.05) is 12.1 Å². The number of alkyl halides is 3. The number of halogens is 3. The molecule has 1 unspecified atom stereocenters. The monoisotopic (exact) mass is 416 g/mol. The summed E-state index contributed by atoms with van der Waals surface area (Å²) in [6.45, 7) is 1.52. The number of nitrogens with two attached hydrogens (primary N) is 1. The van der Waals surface area contributed by atoms with Crippen molar-refractivity contribution in [1.82, 2.24) is 15.3 Å². The average Bonchev–Trinajstić information content (AvgIpc) is 2.61. The minimum atomic E-state index is -4.73. The van der Waals surface area contributed by atoms with Crippen molar-refractivity contribution in [2.45, 2.75) is 30.0 Å². The lowest BCUT2D eigenvalue weighted by molar-refractivity contribution is -0.137. The van der Waals surface area contributed by atoms with Gasteiger partial charge in [-0.3, -0.25) is 0 Å². The van der Waals surface area contributed by atoms with E-state index in [9.17, 15) is 21.6 Å². The van der Waals surface area contributed by atoms with Gasteiger partial charge in [0.1, 0.15) is 16.3 Å². The zero-order valence-electron chi connectivity index (χ0n) is 14.6. The molecule has 0 aliphatic carbocycles. The van der Waals surface area contributed by atoms with E-state index in [1.807, 2.05) is 0 Å². The van der Waals surface area contributed by atoms with E-state index in [0.29, 0.717) is 12.7 Å². The van der Waals surface area contributed by atoms with Crippen LogP contribution in [0.2, 0.25) is 0 Å². The second kappa shape index (κ2) is 7.89. The van der Waals surface area contributed by atoms with Crippen molar-refractivity contribution in [2.75, 3.05) is 23.7 Å². The van der Waals surface area contributed by atoms with E-state index in [0.717, 1.165) is 19.4 Å². The summed E-state index contributed by atoms with van der Waals surface area (Å²) in [5.41, 5.74) is -1.23. The third-order valence-corrected chi connectivity index (χ3v) is 5.14. The van der Waals surface area contributed by atoms with Gasteiger partial charge in [0.15, 0.2) is 0 Å². The quantitative estimate of drug-likeness (QED) is 0.588. The van der Waals surface area contributed by atoms with Crippen molar-refractivity contribution >= 4 is 27.5 Å². The Morgan fingerprint density at radius 1 is 1.25 bits per heavy atom. The molecule has 5 N–H and O–H groups in total. The summed E-state index contributed by atoms with van der Waals surface area (Å²) >= 11 is 0. The first-order valence-corrected chi connectivity index (χ1v) is 9.99. The molecule has 3 rings (SSSR count). The van der Waals surface area contributed by atoms with Crippen molar-refractivity contribution < 1.29 is 21.6 Å². The van der Waals surface area contributed by atoms with Crippen LogP contribution in [0.1, 0.15) is 18.4 Å². The molecule has 28 heavy (non-hydrogen) atoms. The van der Waals surface area contributed by atoms with E-state index < -0.39 is 27.6 Å². The fraction of sp³-hybridized carbons (Fsp3) is 0.375. The first kappa shape index (κ1) is 20.3. The van der Waals surface area contributed by atoms with Crippen LogP contribution in [0.25, 0.3) is 0 Å². The van der Waals surface area contributed by atoms with Gasteiger partial charge in [-0.15, -0.1) is 0 Å². The smallest absolute Gasteiger partial charge is 0.350 e. The molecule has 1 fully saturated rings. The number of hydrogen-bond acceptors (Lipinski definition) is 7. The molecular weight excluding hydrogens is 397 g/mol. The SMILES string of the molecule is NS(=O)(=O)c1ccccc1Nc1nc(NC2CCCNC2)ncc1C(F)(F)F. The molecule has 1 aromatic heterocycles. The molecule has 2 heterocycles. The number of nitrogens with zero attached hydrogens (tertiary/aromatic N) is 2. The summed E-state index contributed by atoms with van der Waals surface area (Å²) in [6.07, 6.45) is -2.32. The summed E-state index contributed by atoms with van der Waals surface area (Å²) in [5, 5.41) is 13.8. The maximum atomic E-state index is 13.4. The highest BCUT2D eigenvalue weighted by Gasteiger charge is 2.36. The molecule has 1 aliphatic rings. The zero-order valence-corrected chi connectivity index (χ0v) is 15.4. The van der Waals surface area contributed by atoms with E-state index in [4.69, 9.17) is 5.14 Å². The minimum absolute atomic E-state index is 0.0114. The van der Waals surface area contributed by atoms with Gasteiger partial charge in [0.2, 0.25) is 16.0 Å². The molecule has 0 bridgehead atoms. The molecule has 12 heteroatoms. The molecule has 0 saturated carbocycles. The number of anilines is 3. The van der Waals surface area contributed by atoms with Crippen LogP contribution in [-0.4, -0.2) is 37.5 Å². The van der Waals surface area contributed by atoms with E-state index in [1.54, 1.807) is 0 Å². The average molecular weight is 416 g/mol. The van der Waals surface area contributed by atoms with E-state index in [2.05, 4.69) is 25.9 Å². The third kappa shape index (κ3) is 4.88. The summed E-state index contributed by atoms with van der Waals surface area (Å²) in [4.78, 5) is 7.35. The number of benzene rings is 1. The van der Waals surface area contributed by atoms with Crippen molar-refractivity contribution in [2.24, 2.45) is 5.14 Å². The van der Waals surface area contributed by atoms with Gasteiger partial charge < -0.3 is 16.0 Å². The normalized spacial score (nSPS) is 17.9. The largest absolute Gasteiger partial charge is 0.421 e. The van der Waals surface area contributed by atoms with Crippen molar-refractivity contribution in [1.29, 1.82) is 0 Å². The lowest BCUT2D eigenvalue weighted by Crippen LogP contribution is -2.38. The molecule has 1 aliphatic heterocycles. The van der Waals surface area contributed by atoms with Crippen LogP contribution in [-0.2, 0) is 16.2 Å². The number of hydrogen-bond donors (Lipinski definition) is 4. The standard InChI is InChI=1S/C16H19F3N6O2S/c17-16(18,19)11-9-22-15(23-10-4-3-7-21-8-10)25-14(11)24-12-5-1-2-6-13(12)28(20,26)27/h1-2,5-6,9-10,21H,3-4,7-8H2,(H2,20,26,27)(H2,22,23,24,25). The Bertz CT molecular complexity index is 946. The molecular formula is C16H19F3N6O2S. The van der Waals surface area contributed by atoms with Crippen molar-refractivity contribution in [3.05, 3.63) is 36.0 Å². The Hall–Kier alpha value is -2.44. The van der Waals surface area contributed by atoms with Crippen LogP contribution in [0.4, 0.5) is 30.6 Å². The number of nitrogens with one attached hydrogen (secondary N) is 3. The highest BCUT2D eigenvalue weighted by Crippen LogP contribution is 2.36. The van der Waals surface area contributed by atoms with Gasteiger partial charge in [-0.25, -0.2) is 18.5 Å². The highest BCUT2D eigenvalue weighted by atomic mass is 32.2. The van der Waals surface area contributed by atoms with Crippen LogP contribution in [0.15, 0.2) is 35.4 Å². The molecule has 0 spiro atoms. The second-order valence-corrected chi connectivity index (χ2v) is 7.84. The van der Waals surface area contributed by atoms with E-state index >= 15 is 0 Å². The minimum Gasteiger partial charge on any atom is -0.350 e. The number of para-hydroxylation sites is 1. The van der Waals surface area contributed by atoms with Gasteiger partial charge in [0.25, 0.3) is 0 Å². The Morgan fingerprint density at radius 3 is 2.64 bits per heavy atom. The third-order valence-electron chi connectivity index (χ3n) is 4.17. The Morgan fingerprint density at radius 2 is 2.00 bits per heavy atom. The molecule has 2 aromatic rings. The molecule has 8 nitrogen and oxygen atoms in total. The lowest BCUT2D eigenvalue weighted by Gasteiger charge is -2.24. The van der Waals surface area contributed by atoms with E-state index in [1.165, 1.54) is 24.3 Å². The Labute approximate surface area is 159 Å². The molecule has 1 aromatic carbocycles. The van der Waals surface area contributed by atoms with Gasteiger partial charge in [-0.2, -0.15) is 18.2 Å². The summed E-state index contributed by atoms with van der Waals surface area (Å²) < 4.78 is 63.6.